The van der Waals surface area contributed by atoms with Gasteiger partial charge in [-0.25, -0.2) is 0 Å². The number of unbranched alkanes of at least 4 members (excludes halogenated alkanes) is 1. The molecule has 4 unspecified atom stereocenters. The zero-order chi connectivity index (χ0) is 15.2. The number of likely N-dealkylation sites (tertiary alicyclic amines) is 1. The van der Waals surface area contributed by atoms with Crippen molar-refractivity contribution in [2.24, 2.45) is 11.8 Å². The SMILES string of the molecule is CCNC(C)(CO)CCCCN1CC(C)CC(C)C1C. The average molecular weight is 284 g/mol. The molecule has 0 spiro atoms. The molecule has 0 radical (unpaired) electrons. The Labute approximate surface area is 126 Å². The molecule has 1 rings (SSSR count). The van der Waals surface area contributed by atoms with Crippen LogP contribution >= 0.6 is 0 Å². The van der Waals surface area contributed by atoms with E-state index in [0.717, 1.165) is 30.8 Å². The zero-order valence-electron chi connectivity index (χ0n) is 14.3. The lowest BCUT2D eigenvalue weighted by Gasteiger charge is -2.41. The Morgan fingerprint density at radius 2 is 1.95 bits per heavy atom. The summed E-state index contributed by atoms with van der Waals surface area (Å²) in [5.41, 5.74) is -0.0944. The summed E-state index contributed by atoms with van der Waals surface area (Å²) in [7, 11) is 0. The first-order chi connectivity index (χ1) is 9.41. The lowest BCUT2D eigenvalue weighted by atomic mass is 9.86. The van der Waals surface area contributed by atoms with E-state index in [1.807, 2.05) is 0 Å². The number of aliphatic hydroxyl groups is 1. The van der Waals surface area contributed by atoms with Gasteiger partial charge in [0, 0.05) is 18.1 Å². The Morgan fingerprint density at radius 1 is 1.25 bits per heavy atom. The molecule has 0 bridgehead atoms. The summed E-state index contributed by atoms with van der Waals surface area (Å²) in [6, 6.07) is 0.726. The van der Waals surface area contributed by atoms with Crippen LogP contribution in [-0.4, -0.2) is 47.8 Å². The van der Waals surface area contributed by atoms with E-state index in [1.165, 1.54) is 32.4 Å². The van der Waals surface area contributed by atoms with E-state index >= 15 is 0 Å². The van der Waals surface area contributed by atoms with E-state index in [4.69, 9.17) is 0 Å². The second-order valence-electron chi connectivity index (χ2n) is 7.26. The molecule has 1 saturated heterocycles. The maximum Gasteiger partial charge on any atom is 0.0610 e. The van der Waals surface area contributed by atoms with Crippen LogP contribution in [0.5, 0.6) is 0 Å². The Hall–Kier alpha value is -0.120. The third-order valence-electron chi connectivity index (χ3n) is 5.10. The number of rotatable bonds is 8. The van der Waals surface area contributed by atoms with Gasteiger partial charge >= 0.3 is 0 Å². The van der Waals surface area contributed by atoms with Crippen molar-refractivity contribution in [2.75, 3.05) is 26.2 Å². The summed E-state index contributed by atoms with van der Waals surface area (Å²) in [6.45, 7) is 15.0. The predicted molar refractivity (Wildman–Crippen MR) is 87.0 cm³/mol. The molecule has 0 aliphatic carbocycles. The van der Waals surface area contributed by atoms with Gasteiger partial charge in [0.1, 0.15) is 0 Å². The van der Waals surface area contributed by atoms with Crippen LogP contribution in [0.25, 0.3) is 0 Å². The molecule has 120 valence electrons. The van der Waals surface area contributed by atoms with Gasteiger partial charge in [-0.2, -0.15) is 0 Å². The van der Waals surface area contributed by atoms with Gasteiger partial charge in [-0.1, -0.05) is 27.2 Å². The molecular weight excluding hydrogens is 248 g/mol. The van der Waals surface area contributed by atoms with Gasteiger partial charge in [-0.05, 0) is 58.0 Å². The topological polar surface area (TPSA) is 35.5 Å². The molecule has 4 atom stereocenters. The zero-order valence-corrected chi connectivity index (χ0v) is 14.3. The summed E-state index contributed by atoms with van der Waals surface area (Å²) in [6.07, 6.45) is 4.87. The minimum atomic E-state index is -0.0944. The summed E-state index contributed by atoms with van der Waals surface area (Å²) >= 11 is 0. The highest BCUT2D eigenvalue weighted by atomic mass is 16.3. The lowest BCUT2D eigenvalue weighted by Crippen LogP contribution is -2.47. The molecule has 0 saturated carbocycles. The van der Waals surface area contributed by atoms with Crippen molar-refractivity contribution in [3.63, 3.8) is 0 Å². The summed E-state index contributed by atoms with van der Waals surface area (Å²) in [5, 5.41) is 12.9. The van der Waals surface area contributed by atoms with Crippen molar-refractivity contribution >= 4 is 0 Å². The van der Waals surface area contributed by atoms with Crippen molar-refractivity contribution in [3.8, 4) is 0 Å². The number of likely N-dealkylation sites (N-methyl/N-ethyl adjacent to an activating group) is 1. The first-order valence-electron chi connectivity index (χ1n) is 8.51. The van der Waals surface area contributed by atoms with Crippen LogP contribution in [0.3, 0.4) is 0 Å². The van der Waals surface area contributed by atoms with Crippen molar-refractivity contribution in [2.45, 2.75) is 71.9 Å². The molecule has 0 amide bonds. The van der Waals surface area contributed by atoms with Gasteiger partial charge in [0.25, 0.3) is 0 Å². The highest BCUT2D eigenvalue weighted by molar-refractivity contribution is 4.84. The maximum absolute atomic E-state index is 9.50. The van der Waals surface area contributed by atoms with E-state index in [-0.39, 0.29) is 12.1 Å². The maximum atomic E-state index is 9.50. The standard InChI is InChI=1S/C17H36N2O/c1-6-18-17(5,13-20)9-7-8-10-19-12-14(2)11-15(3)16(19)4/h14-16,18,20H,6-13H2,1-5H3. The van der Waals surface area contributed by atoms with Crippen molar-refractivity contribution in [1.82, 2.24) is 10.2 Å². The fourth-order valence-corrected chi connectivity index (χ4v) is 3.61. The molecule has 20 heavy (non-hydrogen) atoms. The van der Waals surface area contributed by atoms with Crippen LogP contribution in [0.1, 0.15) is 60.3 Å². The smallest absolute Gasteiger partial charge is 0.0610 e. The van der Waals surface area contributed by atoms with Crippen LogP contribution in [0.15, 0.2) is 0 Å². The number of hydrogen-bond donors (Lipinski definition) is 2. The minimum absolute atomic E-state index is 0.0944. The van der Waals surface area contributed by atoms with Crippen molar-refractivity contribution < 1.29 is 5.11 Å². The molecule has 1 heterocycles. The minimum Gasteiger partial charge on any atom is -0.394 e. The molecular formula is C17H36N2O. The second-order valence-corrected chi connectivity index (χ2v) is 7.26. The molecule has 3 heteroatoms. The van der Waals surface area contributed by atoms with E-state index in [2.05, 4.69) is 44.8 Å². The van der Waals surface area contributed by atoms with Gasteiger partial charge in [0.05, 0.1) is 6.61 Å². The number of piperidine rings is 1. The Bertz CT molecular complexity index is 272. The van der Waals surface area contributed by atoms with Crippen LogP contribution in [0.2, 0.25) is 0 Å². The molecule has 2 N–H and O–H groups in total. The predicted octanol–water partition coefficient (Wildman–Crippen LogP) is 2.88. The Morgan fingerprint density at radius 3 is 2.55 bits per heavy atom. The molecule has 0 aromatic carbocycles. The van der Waals surface area contributed by atoms with E-state index in [1.54, 1.807) is 0 Å². The summed E-state index contributed by atoms with van der Waals surface area (Å²) in [5.74, 6) is 1.66. The molecule has 1 aliphatic rings. The third-order valence-corrected chi connectivity index (χ3v) is 5.10. The largest absolute Gasteiger partial charge is 0.394 e. The monoisotopic (exact) mass is 284 g/mol. The van der Waals surface area contributed by atoms with Gasteiger partial charge in [0.2, 0.25) is 0 Å². The normalized spacial score (nSPS) is 31.2. The quantitative estimate of drug-likeness (QED) is 0.673. The lowest BCUT2D eigenvalue weighted by molar-refractivity contribution is 0.0766. The Balaban J connectivity index is 2.29. The molecule has 0 aromatic heterocycles. The van der Waals surface area contributed by atoms with Gasteiger partial charge in [-0.15, -0.1) is 0 Å². The first-order valence-corrected chi connectivity index (χ1v) is 8.51. The molecule has 1 fully saturated rings. The number of aliphatic hydroxyl groups excluding tert-OH is 1. The van der Waals surface area contributed by atoms with Crippen molar-refractivity contribution in [1.29, 1.82) is 0 Å². The highest BCUT2D eigenvalue weighted by Crippen LogP contribution is 2.27. The van der Waals surface area contributed by atoms with Crippen LogP contribution in [-0.2, 0) is 0 Å². The summed E-state index contributed by atoms with van der Waals surface area (Å²) < 4.78 is 0. The molecule has 3 nitrogen and oxygen atoms in total. The number of hydrogen-bond acceptors (Lipinski definition) is 3. The molecule has 0 aromatic rings. The molecule has 1 aliphatic heterocycles. The van der Waals surface area contributed by atoms with E-state index in [9.17, 15) is 5.11 Å². The fourth-order valence-electron chi connectivity index (χ4n) is 3.61. The highest BCUT2D eigenvalue weighted by Gasteiger charge is 2.28. The first kappa shape index (κ1) is 17.9. The third kappa shape index (κ3) is 5.34. The van der Waals surface area contributed by atoms with Gasteiger partial charge in [-0.3, -0.25) is 0 Å². The Kier molecular flexibility index (Phi) is 7.49. The van der Waals surface area contributed by atoms with Gasteiger partial charge in [0.15, 0.2) is 0 Å². The average Bonchev–Trinajstić information content (AvgIpc) is 2.40. The van der Waals surface area contributed by atoms with Crippen LogP contribution < -0.4 is 5.32 Å². The van der Waals surface area contributed by atoms with E-state index in [0.29, 0.717) is 0 Å². The second kappa shape index (κ2) is 8.35. The number of nitrogens with zero attached hydrogens (tertiary/aromatic N) is 1. The van der Waals surface area contributed by atoms with Crippen LogP contribution in [0, 0.1) is 11.8 Å². The van der Waals surface area contributed by atoms with E-state index < -0.39 is 0 Å². The number of nitrogens with one attached hydrogen (secondary N) is 1. The van der Waals surface area contributed by atoms with Crippen molar-refractivity contribution in [3.05, 3.63) is 0 Å². The summed E-state index contributed by atoms with van der Waals surface area (Å²) in [4.78, 5) is 2.67. The fraction of sp³-hybridized carbons (Fsp3) is 1.00. The van der Waals surface area contributed by atoms with Gasteiger partial charge < -0.3 is 15.3 Å². The van der Waals surface area contributed by atoms with Crippen LogP contribution in [0.4, 0.5) is 0 Å².